The Morgan fingerprint density at radius 1 is 1.44 bits per heavy atom. The molecule has 0 bridgehead atoms. The molecule has 1 N–H and O–H groups in total. The van der Waals surface area contributed by atoms with Crippen molar-refractivity contribution in [3.63, 3.8) is 0 Å². The second-order valence-corrected chi connectivity index (χ2v) is 8.23. The van der Waals surface area contributed by atoms with Gasteiger partial charge in [-0.3, -0.25) is 0 Å². The number of carboxylic acid groups (broad SMARTS) is 1. The predicted octanol–water partition coefficient (Wildman–Crippen LogP) is 2.13. The zero-order chi connectivity index (χ0) is 18.2. The highest BCUT2D eigenvalue weighted by Crippen LogP contribution is 2.44. The smallest absolute Gasteiger partial charge is 0.333 e. The van der Waals surface area contributed by atoms with Crippen LogP contribution >= 0.6 is 0 Å². The Bertz CT molecular complexity index is 759. The molecule has 0 saturated heterocycles. The molecule has 0 radical (unpaired) electrons. The van der Waals surface area contributed by atoms with E-state index in [4.69, 9.17) is 0 Å². The highest BCUT2D eigenvalue weighted by Gasteiger charge is 2.50. The van der Waals surface area contributed by atoms with Crippen LogP contribution in [0, 0.1) is 5.41 Å². The summed E-state index contributed by atoms with van der Waals surface area (Å²) in [7, 11) is 1.93. The van der Waals surface area contributed by atoms with Crippen molar-refractivity contribution in [1.82, 2.24) is 29.8 Å². The molecule has 2 heterocycles. The van der Waals surface area contributed by atoms with Crippen LogP contribution in [-0.4, -0.2) is 40.8 Å². The molecule has 1 aliphatic carbocycles. The van der Waals surface area contributed by atoms with Crippen LogP contribution in [0.5, 0.6) is 0 Å². The van der Waals surface area contributed by atoms with E-state index in [-0.39, 0.29) is 11.3 Å². The molecule has 0 aromatic carbocycles. The van der Waals surface area contributed by atoms with Crippen molar-refractivity contribution in [1.29, 1.82) is 0 Å². The molecule has 2 atom stereocenters. The molecule has 2 unspecified atom stereocenters. The van der Waals surface area contributed by atoms with Gasteiger partial charge in [-0.1, -0.05) is 20.8 Å². The third kappa shape index (κ3) is 3.43. The third-order valence-electron chi connectivity index (χ3n) is 5.05. The largest absolute Gasteiger partial charge is 0.479 e. The molecule has 2 aromatic heterocycles. The van der Waals surface area contributed by atoms with Gasteiger partial charge in [-0.15, -0.1) is 15.0 Å². The fraction of sp³-hybridized carbons (Fsp3) is 0.706. The molecule has 1 aliphatic rings. The van der Waals surface area contributed by atoms with Gasteiger partial charge in [0.15, 0.2) is 11.4 Å². The summed E-state index contributed by atoms with van der Waals surface area (Å²) in [4.78, 5) is 17.8. The Morgan fingerprint density at radius 3 is 2.80 bits per heavy atom. The monoisotopic (exact) mass is 346 g/mol. The molecule has 8 heteroatoms. The lowest BCUT2D eigenvalue weighted by molar-refractivity contribution is -0.148. The fourth-order valence-electron chi connectivity index (χ4n) is 3.49. The number of aryl methyl sites for hydroxylation is 2. The van der Waals surface area contributed by atoms with Gasteiger partial charge in [-0.05, 0) is 36.3 Å². The Labute approximate surface area is 147 Å². The minimum absolute atomic E-state index is 0.0834. The summed E-state index contributed by atoms with van der Waals surface area (Å²) >= 11 is 0. The molecular formula is C17H26N6O2. The Morgan fingerprint density at radius 2 is 2.20 bits per heavy atom. The van der Waals surface area contributed by atoms with Crippen molar-refractivity contribution in [2.24, 2.45) is 12.5 Å². The van der Waals surface area contributed by atoms with Crippen LogP contribution in [0.15, 0.2) is 12.4 Å². The Kier molecular flexibility index (Phi) is 4.38. The van der Waals surface area contributed by atoms with Gasteiger partial charge in [0.1, 0.15) is 5.82 Å². The standard InChI is InChI=1S/C17H26N6O2/c1-16(2,3)7-6-13-19-21-23(20-13)17(15(24)25)8-5-12(11-17)14-18-9-10-22(14)4/h9-10,12H,5-8,11H2,1-4H3,(H,24,25). The lowest BCUT2D eigenvalue weighted by Crippen LogP contribution is -2.41. The maximum atomic E-state index is 12.1. The van der Waals surface area contributed by atoms with E-state index in [0.29, 0.717) is 25.1 Å². The average molecular weight is 346 g/mol. The van der Waals surface area contributed by atoms with Crippen molar-refractivity contribution >= 4 is 5.97 Å². The van der Waals surface area contributed by atoms with Crippen molar-refractivity contribution in [2.45, 2.75) is 64.3 Å². The van der Waals surface area contributed by atoms with Crippen molar-refractivity contribution in [3.05, 3.63) is 24.0 Å². The SMILES string of the molecule is Cn1ccnc1C1CCC(C(=O)O)(n2nnc(CCC(C)(C)C)n2)C1. The molecule has 25 heavy (non-hydrogen) atoms. The topological polar surface area (TPSA) is 98.7 Å². The summed E-state index contributed by atoms with van der Waals surface area (Å²) in [6, 6.07) is 0. The van der Waals surface area contributed by atoms with Crippen LogP contribution in [-0.2, 0) is 23.8 Å². The minimum atomic E-state index is -1.14. The molecule has 2 aromatic rings. The maximum Gasteiger partial charge on any atom is 0.333 e. The molecular weight excluding hydrogens is 320 g/mol. The number of hydrogen-bond donors (Lipinski definition) is 1. The van der Waals surface area contributed by atoms with E-state index in [2.05, 4.69) is 41.2 Å². The van der Waals surface area contributed by atoms with Gasteiger partial charge in [0.05, 0.1) is 0 Å². The van der Waals surface area contributed by atoms with Gasteiger partial charge < -0.3 is 9.67 Å². The van der Waals surface area contributed by atoms with Gasteiger partial charge in [-0.2, -0.15) is 0 Å². The number of rotatable bonds is 5. The lowest BCUT2D eigenvalue weighted by atomic mass is 9.90. The molecule has 0 amide bonds. The number of aliphatic carboxylic acids is 1. The molecule has 0 spiro atoms. The molecule has 1 saturated carbocycles. The van der Waals surface area contributed by atoms with Gasteiger partial charge in [0, 0.05) is 31.8 Å². The highest BCUT2D eigenvalue weighted by molar-refractivity contribution is 5.77. The number of carbonyl (C=O) groups is 1. The summed E-state index contributed by atoms with van der Waals surface area (Å²) < 4.78 is 1.95. The average Bonchev–Trinajstić information content (AvgIpc) is 3.23. The van der Waals surface area contributed by atoms with E-state index in [0.717, 1.165) is 18.7 Å². The molecule has 0 aliphatic heterocycles. The second kappa shape index (κ2) is 6.24. The molecule has 1 fully saturated rings. The maximum absolute atomic E-state index is 12.1. The van der Waals surface area contributed by atoms with E-state index in [9.17, 15) is 9.90 Å². The van der Waals surface area contributed by atoms with Gasteiger partial charge in [-0.25, -0.2) is 9.78 Å². The fourth-order valence-corrected chi connectivity index (χ4v) is 3.49. The van der Waals surface area contributed by atoms with E-state index >= 15 is 0 Å². The zero-order valence-corrected chi connectivity index (χ0v) is 15.3. The first-order valence-electron chi connectivity index (χ1n) is 8.71. The number of aromatic nitrogens is 6. The van der Waals surface area contributed by atoms with Gasteiger partial charge in [0.2, 0.25) is 0 Å². The summed E-state index contributed by atoms with van der Waals surface area (Å²) in [6.45, 7) is 6.47. The van der Waals surface area contributed by atoms with Crippen LogP contribution in [0.1, 0.15) is 64.0 Å². The number of carboxylic acids is 1. The van der Waals surface area contributed by atoms with E-state index in [1.165, 1.54) is 4.80 Å². The van der Waals surface area contributed by atoms with Crippen molar-refractivity contribution in [3.8, 4) is 0 Å². The molecule has 8 nitrogen and oxygen atoms in total. The van der Waals surface area contributed by atoms with Crippen LogP contribution in [0.25, 0.3) is 0 Å². The van der Waals surface area contributed by atoms with Gasteiger partial charge >= 0.3 is 5.97 Å². The Balaban J connectivity index is 1.82. The number of nitrogens with zero attached hydrogens (tertiary/aromatic N) is 6. The first-order chi connectivity index (χ1) is 11.7. The van der Waals surface area contributed by atoms with Crippen molar-refractivity contribution < 1.29 is 9.90 Å². The number of hydrogen-bond acceptors (Lipinski definition) is 5. The lowest BCUT2D eigenvalue weighted by Gasteiger charge is -2.22. The minimum Gasteiger partial charge on any atom is -0.479 e. The van der Waals surface area contributed by atoms with E-state index < -0.39 is 11.5 Å². The van der Waals surface area contributed by atoms with Crippen LogP contribution in [0.2, 0.25) is 0 Å². The first kappa shape index (κ1) is 17.6. The molecule has 136 valence electrons. The summed E-state index contributed by atoms with van der Waals surface area (Å²) in [5.74, 6) is 0.705. The quantitative estimate of drug-likeness (QED) is 0.890. The first-order valence-corrected chi connectivity index (χ1v) is 8.71. The summed E-state index contributed by atoms with van der Waals surface area (Å²) in [5, 5.41) is 22.5. The molecule has 3 rings (SSSR count). The highest BCUT2D eigenvalue weighted by atomic mass is 16.4. The zero-order valence-electron chi connectivity index (χ0n) is 15.3. The van der Waals surface area contributed by atoms with E-state index in [1.807, 2.05) is 17.8 Å². The number of imidazole rings is 1. The van der Waals surface area contributed by atoms with E-state index in [1.54, 1.807) is 6.20 Å². The summed E-state index contributed by atoms with van der Waals surface area (Å²) in [6.07, 6.45) is 6.91. The second-order valence-electron chi connectivity index (χ2n) is 8.23. The summed E-state index contributed by atoms with van der Waals surface area (Å²) in [5.41, 5.74) is -0.962. The third-order valence-corrected chi connectivity index (χ3v) is 5.05. The van der Waals surface area contributed by atoms with Gasteiger partial charge in [0.25, 0.3) is 0 Å². The number of tetrazole rings is 1. The predicted molar refractivity (Wildman–Crippen MR) is 91.0 cm³/mol. The van der Waals surface area contributed by atoms with Crippen LogP contribution in [0.4, 0.5) is 0 Å². The normalized spacial score (nSPS) is 23.9. The van der Waals surface area contributed by atoms with Crippen LogP contribution < -0.4 is 0 Å². The Hall–Kier alpha value is -2.25. The van der Waals surface area contributed by atoms with Crippen LogP contribution in [0.3, 0.4) is 0 Å². The van der Waals surface area contributed by atoms with Crippen molar-refractivity contribution in [2.75, 3.05) is 0 Å².